The van der Waals surface area contributed by atoms with Gasteiger partial charge in [0.2, 0.25) is 17.0 Å². The Morgan fingerprint density at radius 1 is 0.914 bits per heavy atom. The van der Waals surface area contributed by atoms with Crippen LogP contribution in [-0.4, -0.2) is 52.1 Å². The van der Waals surface area contributed by atoms with Crippen LogP contribution in [-0.2, 0) is 0 Å². The molecular formula is C26H30ClN7S. The Morgan fingerprint density at radius 3 is 2.29 bits per heavy atom. The fraction of sp³-hybridized carbons (Fsp3) is 0.308. The number of rotatable bonds is 3. The van der Waals surface area contributed by atoms with Crippen LogP contribution in [0.1, 0.15) is 22.5 Å². The minimum atomic E-state index is 0.378. The van der Waals surface area contributed by atoms with Crippen molar-refractivity contribution in [1.82, 2.24) is 14.9 Å². The number of benzene rings is 2. The average Bonchev–Trinajstić information content (AvgIpc) is 2.81. The first-order valence-corrected chi connectivity index (χ1v) is 12.4. The maximum atomic E-state index is 6.20. The molecule has 4 rings (SSSR count). The third-order valence-corrected chi connectivity index (χ3v) is 6.44. The lowest BCUT2D eigenvalue weighted by Gasteiger charge is -2.37. The number of nitrogens with zero attached hydrogens (tertiary/aromatic N) is 5. The monoisotopic (exact) mass is 507 g/mol. The van der Waals surface area contributed by atoms with E-state index in [-0.39, 0.29) is 0 Å². The summed E-state index contributed by atoms with van der Waals surface area (Å²) in [5.41, 5.74) is 6.19. The summed E-state index contributed by atoms with van der Waals surface area (Å²) in [6, 6.07) is 16.0. The van der Waals surface area contributed by atoms with E-state index in [4.69, 9.17) is 28.8 Å². The number of aromatic nitrogens is 2. The van der Waals surface area contributed by atoms with Gasteiger partial charge in [0.15, 0.2) is 0 Å². The number of hydrogen-bond acceptors (Lipinski definition) is 4. The van der Waals surface area contributed by atoms with Crippen molar-refractivity contribution < 1.29 is 0 Å². The summed E-state index contributed by atoms with van der Waals surface area (Å²) in [4.78, 5) is 18.3. The molecule has 2 heterocycles. The number of aliphatic imine (C=N–C) groups is 1. The lowest BCUT2D eigenvalue weighted by molar-refractivity contribution is 0.385. The zero-order chi connectivity index (χ0) is 24.9. The van der Waals surface area contributed by atoms with Crippen molar-refractivity contribution in [2.45, 2.75) is 27.7 Å². The van der Waals surface area contributed by atoms with Gasteiger partial charge in [-0.05, 0) is 81.4 Å². The lowest BCUT2D eigenvalue weighted by Crippen LogP contribution is -2.51. The Labute approximate surface area is 217 Å². The summed E-state index contributed by atoms with van der Waals surface area (Å²) in [7, 11) is 0. The molecule has 1 fully saturated rings. The Morgan fingerprint density at radius 2 is 1.60 bits per heavy atom. The third-order valence-electron chi connectivity index (χ3n) is 6.01. The molecule has 0 spiro atoms. The highest BCUT2D eigenvalue weighted by molar-refractivity contribution is 7.80. The van der Waals surface area contributed by atoms with Gasteiger partial charge in [-0.1, -0.05) is 29.8 Å². The van der Waals surface area contributed by atoms with Crippen LogP contribution in [0.4, 0.5) is 17.3 Å². The third kappa shape index (κ3) is 6.46. The Kier molecular flexibility index (Phi) is 7.83. The van der Waals surface area contributed by atoms with Crippen molar-refractivity contribution in [3.8, 4) is 0 Å². The quantitative estimate of drug-likeness (QED) is 0.281. The van der Waals surface area contributed by atoms with Crippen molar-refractivity contribution >= 4 is 52.2 Å². The minimum Gasteiger partial charge on any atom is -0.368 e. The predicted octanol–water partition coefficient (Wildman–Crippen LogP) is 5.35. The maximum absolute atomic E-state index is 6.20. The largest absolute Gasteiger partial charge is 0.368 e. The number of piperazine rings is 1. The Hall–Kier alpha value is -3.23. The van der Waals surface area contributed by atoms with E-state index in [1.807, 2.05) is 50.2 Å². The number of aryl methyl sites for hydroxylation is 3. The molecule has 1 aliphatic rings. The van der Waals surface area contributed by atoms with Gasteiger partial charge >= 0.3 is 0 Å². The van der Waals surface area contributed by atoms with Crippen molar-refractivity contribution in [2.75, 3.05) is 41.7 Å². The molecule has 182 valence electrons. The van der Waals surface area contributed by atoms with Gasteiger partial charge in [0.25, 0.3) is 0 Å². The molecule has 0 bridgehead atoms. The van der Waals surface area contributed by atoms with Crippen LogP contribution >= 0.6 is 23.8 Å². The molecule has 1 saturated heterocycles. The molecule has 0 atom stereocenters. The maximum Gasteiger partial charge on any atom is 0.229 e. The number of hydrogen-bond donors (Lipinski definition) is 2. The molecule has 2 aromatic carbocycles. The molecule has 0 aliphatic carbocycles. The molecule has 3 aromatic rings. The van der Waals surface area contributed by atoms with Crippen LogP contribution in [0, 0.1) is 27.7 Å². The fourth-order valence-corrected chi connectivity index (χ4v) is 4.42. The van der Waals surface area contributed by atoms with Gasteiger partial charge in [-0.2, -0.15) is 4.99 Å². The number of anilines is 3. The van der Waals surface area contributed by atoms with E-state index in [0.29, 0.717) is 17.0 Å². The molecule has 1 aliphatic heterocycles. The topological polar surface area (TPSA) is 68.7 Å². The van der Waals surface area contributed by atoms with Gasteiger partial charge in [0.1, 0.15) is 0 Å². The van der Waals surface area contributed by atoms with Crippen LogP contribution in [0.2, 0.25) is 5.02 Å². The number of halogens is 1. The SMILES string of the molecule is Cc1cc(C)nc(N/C(=N/C(=S)Nc2cccc(C)c2C)N2CCN(c3cccc(Cl)c3)CC2)n1. The van der Waals surface area contributed by atoms with Gasteiger partial charge in [0, 0.05) is 54.0 Å². The first-order valence-electron chi connectivity index (χ1n) is 11.6. The standard InChI is InChI=1S/C26H30ClN7S/c1-17-7-5-10-23(20(17)4)30-26(35)32-25(31-24-28-18(2)15-19(3)29-24)34-13-11-33(12-14-34)22-9-6-8-21(27)16-22/h5-10,15-16H,11-14H2,1-4H3,(H2,28,29,30,31,32,35). The zero-order valence-electron chi connectivity index (χ0n) is 20.5. The van der Waals surface area contributed by atoms with Crippen LogP contribution < -0.4 is 15.5 Å². The van der Waals surface area contributed by atoms with E-state index in [0.717, 1.165) is 59.5 Å². The molecule has 0 amide bonds. The Bertz CT molecular complexity index is 1230. The second-order valence-electron chi connectivity index (χ2n) is 8.67. The van der Waals surface area contributed by atoms with E-state index < -0.39 is 0 Å². The molecule has 0 saturated carbocycles. The smallest absolute Gasteiger partial charge is 0.229 e. The number of thiocarbonyl (C=S) groups is 1. The van der Waals surface area contributed by atoms with Crippen molar-refractivity contribution in [2.24, 2.45) is 4.99 Å². The van der Waals surface area contributed by atoms with Gasteiger partial charge in [0.05, 0.1) is 0 Å². The molecule has 9 heteroatoms. The highest BCUT2D eigenvalue weighted by atomic mass is 35.5. The number of guanidine groups is 1. The van der Waals surface area contributed by atoms with Crippen molar-refractivity contribution in [1.29, 1.82) is 0 Å². The lowest BCUT2D eigenvalue weighted by atomic mass is 10.1. The fourth-order valence-electron chi connectivity index (χ4n) is 4.03. The molecule has 0 radical (unpaired) electrons. The van der Waals surface area contributed by atoms with E-state index in [2.05, 4.69) is 56.4 Å². The first kappa shape index (κ1) is 24.9. The van der Waals surface area contributed by atoms with Gasteiger partial charge in [-0.25, -0.2) is 9.97 Å². The average molecular weight is 508 g/mol. The van der Waals surface area contributed by atoms with Gasteiger partial charge in [-0.15, -0.1) is 0 Å². The van der Waals surface area contributed by atoms with Crippen LogP contribution in [0.3, 0.4) is 0 Å². The summed E-state index contributed by atoms with van der Waals surface area (Å²) in [6.07, 6.45) is 0. The summed E-state index contributed by atoms with van der Waals surface area (Å²) in [5, 5.41) is 7.72. The van der Waals surface area contributed by atoms with Crippen molar-refractivity contribution in [3.63, 3.8) is 0 Å². The van der Waals surface area contributed by atoms with E-state index in [1.54, 1.807) is 0 Å². The molecule has 0 unspecified atom stereocenters. The first-order chi connectivity index (χ1) is 16.8. The summed E-state index contributed by atoms with van der Waals surface area (Å²) >= 11 is 11.8. The summed E-state index contributed by atoms with van der Waals surface area (Å²) in [5.74, 6) is 1.14. The molecular weight excluding hydrogens is 478 g/mol. The van der Waals surface area contributed by atoms with E-state index >= 15 is 0 Å². The minimum absolute atomic E-state index is 0.378. The molecule has 35 heavy (non-hydrogen) atoms. The van der Waals surface area contributed by atoms with E-state index in [9.17, 15) is 0 Å². The zero-order valence-corrected chi connectivity index (χ0v) is 22.0. The van der Waals surface area contributed by atoms with Crippen LogP contribution in [0.15, 0.2) is 53.5 Å². The highest BCUT2D eigenvalue weighted by Crippen LogP contribution is 2.22. The molecule has 7 nitrogen and oxygen atoms in total. The molecule has 1 aromatic heterocycles. The van der Waals surface area contributed by atoms with E-state index in [1.165, 1.54) is 5.56 Å². The summed E-state index contributed by atoms with van der Waals surface area (Å²) in [6.45, 7) is 11.2. The normalized spacial score (nSPS) is 14.1. The van der Waals surface area contributed by atoms with Gasteiger partial charge < -0.3 is 15.1 Å². The van der Waals surface area contributed by atoms with Crippen LogP contribution in [0.25, 0.3) is 0 Å². The Balaban J connectivity index is 1.55. The second-order valence-corrected chi connectivity index (χ2v) is 9.49. The highest BCUT2D eigenvalue weighted by Gasteiger charge is 2.22. The second kappa shape index (κ2) is 11.0. The van der Waals surface area contributed by atoms with Gasteiger partial charge in [-0.3, -0.25) is 5.32 Å². The predicted molar refractivity (Wildman–Crippen MR) is 150 cm³/mol. The van der Waals surface area contributed by atoms with Crippen molar-refractivity contribution in [3.05, 3.63) is 76.1 Å². The molecule has 2 N–H and O–H groups in total. The number of nitrogens with one attached hydrogen (secondary N) is 2. The van der Waals surface area contributed by atoms with Crippen LogP contribution in [0.5, 0.6) is 0 Å². The summed E-state index contributed by atoms with van der Waals surface area (Å²) < 4.78 is 0.